The molecule has 0 radical (unpaired) electrons. The lowest BCUT2D eigenvalue weighted by Crippen LogP contribution is -1.97. The third-order valence-corrected chi connectivity index (χ3v) is 7.75. The molecule has 40 heavy (non-hydrogen) atoms. The maximum atomic E-state index is 9.69. The molecular formula is C36H21N3O. The molecule has 0 aliphatic carbocycles. The quantitative estimate of drug-likeness (QED) is 0.237. The first kappa shape index (κ1) is 22.3. The van der Waals surface area contributed by atoms with Gasteiger partial charge in [-0.2, -0.15) is 5.26 Å². The molecule has 8 aromatic rings. The van der Waals surface area contributed by atoms with Crippen molar-refractivity contribution in [2.75, 3.05) is 0 Å². The summed E-state index contributed by atoms with van der Waals surface area (Å²) in [6, 6.07) is 42.0. The number of pyridine rings is 1. The first-order chi connectivity index (χ1) is 19.8. The zero-order valence-electron chi connectivity index (χ0n) is 21.4. The molecule has 5 aromatic carbocycles. The van der Waals surface area contributed by atoms with E-state index in [4.69, 9.17) is 4.42 Å². The van der Waals surface area contributed by atoms with Crippen molar-refractivity contribution < 1.29 is 4.42 Å². The topological polar surface area (TPSA) is 54.8 Å². The van der Waals surface area contributed by atoms with Gasteiger partial charge < -0.3 is 8.98 Å². The number of hydrogen-bond acceptors (Lipinski definition) is 3. The molecule has 0 fully saturated rings. The Bertz CT molecular complexity index is 2300. The van der Waals surface area contributed by atoms with Crippen molar-refractivity contribution in [1.29, 1.82) is 5.26 Å². The van der Waals surface area contributed by atoms with Crippen LogP contribution in [0.4, 0.5) is 0 Å². The second kappa shape index (κ2) is 8.69. The Morgan fingerprint density at radius 2 is 1.40 bits per heavy atom. The number of aromatic nitrogens is 2. The van der Waals surface area contributed by atoms with E-state index in [1.165, 1.54) is 5.39 Å². The minimum atomic E-state index is 0.607. The van der Waals surface area contributed by atoms with Crippen LogP contribution in [0.3, 0.4) is 0 Å². The predicted molar refractivity (Wildman–Crippen MR) is 161 cm³/mol. The van der Waals surface area contributed by atoms with E-state index in [1.807, 2.05) is 24.3 Å². The van der Waals surface area contributed by atoms with Crippen molar-refractivity contribution in [3.63, 3.8) is 0 Å². The van der Waals surface area contributed by atoms with E-state index in [9.17, 15) is 5.26 Å². The van der Waals surface area contributed by atoms with Crippen LogP contribution >= 0.6 is 0 Å². The minimum Gasteiger partial charge on any atom is -0.454 e. The van der Waals surface area contributed by atoms with Crippen LogP contribution in [0.25, 0.3) is 71.7 Å². The van der Waals surface area contributed by atoms with Gasteiger partial charge in [0.15, 0.2) is 5.58 Å². The van der Waals surface area contributed by atoms with Gasteiger partial charge >= 0.3 is 0 Å². The third-order valence-electron chi connectivity index (χ3n) is 7.75. The summed E-state index contributed by atoms with van der Waals surface area (Å²) in [6.45, 7) is 0. The first-order valence-corrected chi connectivity index (χ1v) is 13.2. The molecule has 3 heterocycles. The Hall–Kier alpha value is -5.66. The van der Waals surface area contributed by atoms with E-state index in [1.54, 1.807) is 18.5 Å². The van der Waals surface area contributed by atoms with Crippen molar-refractivity contribution >= 4 is 43.7 Å². The van der Waals surface area contributed by atoms with E-state index in [2.05, 4.69) is 101 Å². The molecule has 8 rings (SSSR count). The average Bonchev–Trinajstić information content (AvgIpc) is 3.57. The van der Waals surface area contributed by atoms with Crippen LogP contribution in [0.15, 0.2) is 132 Å². The number of para-hydroxylation sites is 3. The monoisotopic (exact) mass is 511 g/mol. The molecular weight excluding hydrogens is 490 g/mol. The number of hydrogen-bond donors (Lipinski definition) is 0. The summed E-state index contributed by atoms with van der Waals surface area (Å²) >= 11 is 0. The van der Waals surface area contributed by atoms with E-state index in [0.717, 1.165) is 66.3 Å². The zero-order chi connectivity index (χ0) is 26.6. The highest BCUT2D eigenvalue weighted by atomic mass is 16.3. The van der Waals surface area contributed by atoms with Crippen LogP contribution in [0, 0.1) is 11.3 Å². The number of nitriles is 1. The van der Waals surface area contributed by atoms with Crippen molar-refractivity contribution in [2.24, 2.45) is 0 Å². The molecule has 0 unspecified atom stereocenters. The molecule has 0 spiro atoms. The second-order valence-corrected chi connectivity index (χ2v) is 9.92. The molecule has 0 saturated carbocycles. The van der Waals surface area contributed by atoms with Gasteiger partial charge in [-0.05, 0) is 47.5 Å². The van der Waals surface area contributed by atoms with Crippen LogP contribution in [0.1, 0.15) is 5.56 Å². The Kier molecular flexibility index (Phi) is 4.85. The molecule has 3 aromatic heterocycles. The summed E-state index contributed by atoms with van der Waals surface area (Å²) in [5.41, 5.74) is 9.53. The lowest BCUT2D eigenvalue weighted by molar-refractivity contribution is 0.671. The van der Waals surface area contributed by atoms with Crippen molar-refractivity contribution in [3.8, 4) is 34.0 Å². The summed E-state index contributed by atoms with van der Waals surface area (Å²) in [6.07, 6.45) is 3.41. The van der Waals surface area contributed by atoms with Gasteiger partial charge in [-0.3, -0.25) is 4.98 Å². The molecule has 0 aliphatic rings. The molecule has 0 amide bonds. The van der Waals surface area contributed by atoms with Gasteiger partial charge in [-0.25, -0.2) is 0 Å². The highest BCUT2D eigenvalue weighted by molar-refractivity contribution is 6.21. The summed E-state index contributed by atoms with van der Waals surface area (Å²) in [4.78, 5) is 4.28. The third kappa shape index (κ3) is 3.22. The Labute approximate surface area is 230 Å². The number of benzene rings is 5. The van der Waals surface area contributed by atoms with Gasteiger partial charge in [-0.15, -0.1) is 0 Å². The van der Waals surface area contributed by atoms with E-state index < -0.39 is 0 Å². The SMILES string of the molecule is N#Cc1ccncc1-c1cccc(-c2ccccc2-n2c3ccccc3c3ccc4c5ccccc5oc4c32)c1. The van der Waals surface area contributed by atoms with Gasteiger partial charge in [-0.1, -0.05) is 78.9 Å². The number of fused-ring (bicyclic) bond motifs is 7. The summed E-state index contributed by atoms with van der Waals surface area (Å²) < 4.78 is 8.88. The lowest BCUT2D eigenvalue weighted by atomic mass is 9.96. The van der Waals surface area contributed by atoms with Crippen molar-refractivity contribution in [1.82, 2.24) is 9.55 Å². The summed E-state index contributed by atoms with van der Waals surface area (Å²) in [7, 11) is 0. The maximum Gasteiger partial charge on any atom is 0.160 e. The van der Waals surface area contributed by atoms with Crippen LogP contribution in [0.5, 0.6) is 0 Å². The van der Waals surface area contributed by atoms with Crippen LogP contribution in [0.2, 0.25) is 0 Å². The predicted octanol–water partition coefficient (Wildman–Crippen LogP) is 9.28. The fourth-order valence-electron chi connectivity index (χ4n) is 5.97. The highest BCUT2D eigenvalue weighted by Crippen LogP contribution is 2.42. The maximum absolute atomic E-state index is 9.69. The number of rotatable bonds is 3. The normalized spacial score (nSPS) is 11.5. The van der Waals surface area contributed by atoms with Gasteiger partial charge in [0.1, 0.15) is 5.58 Å². The molecule has 4 heteroatoms. The smallest absolute Gasteiger partial charge is 0.160 e. The molecule has 0 atom stereocenters. The Morgan fingerprint density at radius 1 is 0.650 bits per heavy atom. The van der Waals surface area contributed by atoms with Crippen molar-refractivity contribution in [2.45, 2.75) is 0 Å². The van der Waals surface area contributed by atoms with Crippen LogP contribution < -0.4 is 0 Å². The highest BCUT2D eigenvalue weighted by Gasteiger charge is 2.20. The number of nitrogens with zero attached hydrogens (tertiary/aromatic N) is 3. The molecule has 0 N–H and O–H groups in total. The first-order valence-electron chi connectivity index (χ1n) is 13.2. The van der Waals surface area contributed by atoms with Crippen LogP contribution in [-0.2, 0) is 0 Å². The van der Waals surface area contributed by atoms with E-state index in [-0.39, 0.29) is 0 Å². The molecule has 0 aliphatic heterocycles. The standard InChI is InChI=1S/C36H21N3O/c37-21-25-18-19-38-22-31(25)24-9-7-8-23(20-24)26-10-1-4-13-32(26)39-33-14-5-2-11-27(33)29-16-17-30-28-12-3-6-15-34(28)40-36(30)35(29)39/h1-20,22H. The van der Waals surface area contributed by atoms with Gasteiger partial charge in [0.2, 0.25) is 0 Å². The fraction of sp³-hybridized carbons (Fsp3) is 0. The second-order valence-electron chi connectivity index (χ2n) is 9.92. The molecule has 186 valence electrons. The van der Waals surface area contributed by atoms with Gasteiger partial charge in [0, 0.05) is 45.1 Å². The molecule has 0 saturated heterocycles. The summed E-state index contributed by atoms with van der Waals surface area (Å²) in [5, 5.41) is 14.2. The number of furan rings is 1. The Morgan fingerprint density at radius 3 is 2.30 bits per heavy atom. The summed E-state index contributed by atoms with van der Waals surface area (Å²) in [5.74, 6) is 0. The van der Waals surface area contributed by atoms with Crippen LogP contribution in [-0.4, -0.2) is 9.55 Å². The van der Waals surface area contributed by atoms with E-state index in [0.29, 0.717) is 5.56 Å². The van der Waals surface area contributed by atoms with Gasteiger partial charge in [0.25, 0.3) is 0 Å². The van der Waals surface area contributed by atoms with E-state index >= 15 is 0 Å². The minimum absolute atomic E-state index is 0.607. The van der Waals surface area contributed by atoms with Gasteiger partial charge in [0.05, 0.1) is 28.4 Å². The van der Waals surface area contributed by atoms with Crippen molar-refractivity contribution in [3.05, 3.63) is 133 Å². The molecule has 4 nitrogen and oxygen atoms in total. The Balaban J connectivity index is 1.45. The molecule has 0 bridgehead atoms. The zero-order valence-corrected chi connectivity index (χ0v) is 21.4. The average molecular weight is 512 g/mol. The fourth-order valence-corrected chi connectivity index (χ4v) is 5.97. The lowest BCUT2D eigenvalue weighted by Gasteiger charge is -2.15. The largest absolute Gasteiger partial charge is 0.454 e.